The maximum absolute atomic E-state index is 12.9. The molecule has 0 aliphatic rings. The highest BCUT2D eigenvalue weighted by molar-refractivity contribution is 5.82. The number of nitrogens with zero attached hydrogens (tertiary/aromatic N) is 1. The summed E-state index contributed by atoms with van der Waals surface area (Å²) in [6.07, 6.45) is 2.61. The van der Waals surface area contributed by atoms with Crippen LogP contribution in [0.2, 0.25) is 0 Å². The summed E-state index contributed by atoms with van der Waals surface area (Å²) in [6, 6.07) is 24.7. The maximum atomic E-state index is 12.9. The fourth-order valence-electron chi connectivity index (χ4n) is 2.29. The van der Waals surface area contributed by atoms with Gasteiger partial charge in [0.25, 0.3) is 0 Å². The Kier molecular flexibility index (Phi) is 4.40. The van der Waals surface area contributed by atoms with Gasteiger partial charge in [0.2, 0.25) is 0 Å². The lowest BCUT2D eigenvalue weighted by molar-refractivity contribution is 0.628. The summed E-state index contributed by atoms with van der Waals surface area (Å²) in [5, 5.41) is 0. The zero-order valence-corrected chi connectivity index (χ0v) is 12.1. The monoisotopic (exact) mass is 289 g/mol. The number of hydrogen-bond acceptors (Lipinski definition) is 1. The summed E-state index contributed by atoms with van der Waals surface area (Å²) >= 11 is 0. The Balaban J connectivity index is 1.83. The standard InChI is InChI=1S/C20H16FN/c21-19-12-10-17(11-13-19)15-22-20-9-5-4-8-18(20)14-16-6-2-1-3-7-16/h1-13,15H,14H2. The molecule has 3 rings (SSSR count). The van der Waals surface area contributed by atoms with Crippen LogP contribution in [0.3, 0.4) is 0 Å². The van der Waals surface area contributed by atoms with Gasteiger partial charge in [0.15, 0.2) is 0 Å². The maximum Gasteiger partial charge on any atom is 0.123 e. The van der Waals surface area contributed by atoms with Crippen molar-refractivity contribution >= 4 is 11.9 Å². The van der Waals surface area contributed by atoms with Gasteiger partial charge in [-0.05, 0) is 41.3 Å². The lowest BCUT2D eigenvalue weighted by Crippen LogP contribution is -1.89. The van der Waals surface area contributed by atoms with Gasteiger partial charge >= 0.3 is 0 Å². The Labute approximate surface area is 129 Å². The highest BCUT2D eigenvalue weighted by Gasteiger charge is 2.01. The molecule has 0 aliphatic heterocycles. The third-order valence-corrected chi connectivity index (χ3v) is 3.45. The Morgan fingerprint density at radius 1 is 0.773 bits per heavy atom. The highest BCUT2D eigenvalue weighted by Crippen LogP contribution is 2.22. The molecule has 3 aromatic rings. The smallest absolute Gasteiger partial charge is 0.123 e. The summed E-state index contributed by atoms with van der Waals surface area (Å²) in [7, 11) is 0. The van der Waals surface area contributed by atoms with E-state index in [-0.39, 0.29) is 5.82 Å². The molecule has 2 heteroatoms. The van der Waals surface area contributed by atoms with Gasteiger partial charge in [-0.25, -0.2) is 4.39 Å². The van der Waals surface area contributed by atoms with Crippen LogP contribution in [0.25, 0.3) is 0 Å². The Morgan fingerprint density at radius 2 is 1.45 bits per heavy atom. The molecular weight excluding hydrogens is 273 g/mol. The molecule has 0 fully saturated rings. The van der Waals surface area contributed by atoms with Crippen molar-refractivity contribution < 1.29 is 4.39 Å². The Morgan fingerprint density at radius 3 is 2.23 bits per heavy atom. The van der Waals surface area contributed by atoms with E-state index in [1.807, 2.05) is 36.4 Å². The molecule has 0 unspecified atom stereocenters. The van der Waals surface area contributed by atoms with Crippen LogP contribution in [-0.4, -0.2) is 6.21 Å². The summed E-state index contributed by atoms with van der Waals surface area (Å²) in [6.45, 7) is 0. The summed E-state index contributed by atoms with van der Waals surface area (Å²) in [5.74, 6) is -0.235. The first-order valence-corrected chi connectivity index (χ1v) is 7.23. The first-order valence-electron chi connectivity index (χ1n) is 7.23. The van der Waals surface area contributed by atoms with E-state index in [1.165, 1.54) is 23.3 Å². The fraction of sp³-hybridized carbons (Fsp3) is 0.0500. The SMILES string of the molecule is Fc1ccc(C=Nc2ccccc2Cc2ccccc2)cc1. The number of hydrogen-bond donors (Lipinski definition) is 0. The van der Waals surface area contributed by atoms with Crippen molar-refractivity contribution in [3.8, 4) is 0 Å². The lowest BCUT2D eigenvalue weighted by Gasteiger charge is -2.05. The second-order valence-electron chi connectivity index (χ2n) is 5.10. The predicted molar refractivity (Wildman–Crippen MR) is 89.3 cm³/mol. The second kappa shape index (κ2) is 6.81. The molecule has 0 amide bonds. The van der Waals surface area contributed by atoms with Crippen LogP contribution in [0.5, 0.6) is 0 Å². The van der Waals surface area contributed by atoms with Crippen molar-refractivity contribution in [3.05, 3.63) is 101 Å². The molecule has 108 valence electrons. The average Bonchev–Trinajstić information content (AvgIpc) is 2.56. The van der Waals surface area contributed by atoms with Crippen LogP contribution in [-0.2, 0) is 6.42 Å². The van der Waals surface area contributed by atoms with E-state index in [4.69, 9.17) is 0 Å². The zero-order valence-electron chi connectivity index (χ0n) is 12.1. The van der Waals surface area contributed by atoms with Gasteiger partial charge in [0.05, 0.1) is 5.69 Å². The molecule has 22 heavy (non-hydrogen) atoms. The van der Waals surface area contributed by atoms with Gasteiger partial charge in [-0.1, -0.05) is 60.7 Å². The van der Waals surface area contributed by atoms with Crippen molar-refractivity contribution in [2.75, 3.05) is 0 Å². The normalized spacial score (nSPS) is 11.0. The van der Waals surface area contributed by atoms with E-state index >= 15 is 0 Å². The molecular formula is C20H16FN. The van der Waals surface area contributed by atoms with Crippen LogP contribution in [0.15, 0.2) is 83.9 Å². The third-order valence-electron chi connectivity index (χ3n) is 3.45. The van der Waals surface area contributed by atoms with Crippen molar-refractivity contribution in [1.29, 1.82) is 0 Å². The molecule has 0 aliphatic carbocycles. The molecule has 0 N–H and O–H groups in total. The van der Waals surface area contributed by atoms with Crippen molar-refractivity contribution in [2.45, 2.75) is 6.42 Å². The van der Waals surface area contributed by atoms with E-state index < -0.39 is 0 Å². The van der Waals surface area contributed by atoms with Gasteiger partial charge in [-0.3, -0.25) is 4.99 Å². The van der Waals surface area contributed by atoms with Gasteiger partial charge < -0.3 is 0 Å². The molecule has 0 aromatic heterocycles. The number of para-hydroxylation sites is 1. The topological polar surface area (TPSA) is 12.4 Å². The number of halogens is 1. The van der Waals surface area contributed by atoms with Crippen molar-refractivity contribution in [2.24, 2.45) is 4.99 Å². The van der Waals surface area contributed by atoms with Crippen LogP contribution < -0.4 is 0 Å². The Hall–Kier alpha value is -2.74. The highest BCUT2D eigenvalue weighted by atomic mass is 19.1. The molecule has 0 saturated heterocycles. The first kappa shape index (κ1) is 14.2. The lowest BCUT2D eigenvalue weighted by atomic mass is 10.0. The van der Waals surface area contributed by atoms with Crippen molar-refractivity contribution in [3.63, 3.8) is 0 Å². The Bertz CT molecular complexity index is 761. The fourth-order valence-corrected chi connectivity index (χ4v) is 2.29. The summed E-state index contributed by atoms with van der Waals surface area (Å²) < 4.78 is 12.9. The number of benzene rings is 3. The van der Waals surface area contributed by atoms with Crippen LogP contribution in [0, 0.1) is 5.82 Å². The van der Waals surface area contributed by atoms with Crippen LogP contribution in [0.4, 0.5) is 10.1 Å². The molecule has 0 bridgehead atoms. The molecule has 0 radical (unpaired) electrons. The van der Waals surface area contributed by atoms with Gasteiger partial charge in [-0.15, -0.1) is 0 Å². The molecule has 0 atom stereocenters. The summed E-state index contributed by atoms with van der Waals surface area (Å²) in [4.78, 5) is 4.55. The van der Waals surface area contributed by atoms with Gasteiger partial charge in [0.1, 0.15) is 5.82 Å². The van der Waals surface area contributed by atoms with E-state index in [0.29, 0.717) is 0 Å². The number of aliphatic imine (C=N–C) groups is 1. The molecule has 3 aromatic carbocycles. The minimum Gasteiger partial charge on any atom is -0.256 e. The number of rotatable bonds is 4. The molecule has 0 heterocycles. The molecule has 0 saturated carbocycles. The largest absolute Gasteiger partial charge is 0.256 e. The van der Waals surface area contributed by atoms with Crippen LogP contribution in [0.1, 0.15) is 16.7 Å². The quantitative estimate of drug-likeness (QED) is 0.588. The molecule has 1 nitrogen and oxygen atoms in total. The van der Waals surface area contributed by atoms with Crippen LogP contribution >= 0.6 is 0 Å². The molecule has 0 spiro atoms. The minimum atomic E-state index is -0.235. The first-order chi connectivity index (χ1) is 10.8. The zero-order chi connectivity index (χ0) is 15.2. The second-order valence-corrected chi connectivity index (χ2v) is 5.10. The van der Waals surface area contributed by atoms with Gasteiger partial charge in [-0.2, -0.15) is 0 Å². The van der Waals surface area contributed by atoms with Gasteiger partial charge in [0, 0.05) is 6.21 Å². The van der Waals surface area contributed by atoms with E-state index in [1.54, 1.807) is 18.3 Å². The summed E-state index contributed by atoms with van der Waals surface area (Å²) in [5.41, 5.74) is 4.26. The minimum absolute atomic E-state index is 0.235. The van der Waals surface area contributed by atoms with E-state index in [9.17, 15) is 4.39 Å². The third kappa shape index (κ3) is 3.67. The van der Waals surface area contributed by atoms with Crippen molar-refractivity contribution in [1.82, 2.24) is 0 Å². The predicted octanol–water partition coefficient (Wildman–Crippen LogP) is 5.17. The van der Waals surface area contributed by atoms with E-state index in [0.717, 1.165) is 17.7 Å². The average molecular weight is 289 g/mol. The van der Waals surface area contributed by atoms with E-state index in [2.05, 4.69) is 23.2 Å².